The molecule has 0 bridgehead atoms. The van der Waals surface area contributed by atoms with Gasteiger partial charge in [0.2, 0.25) is 0 Å². The van der Waals surface area contributed by atoms with Crippen molar-refractivity contribution in [2.75, 3.05) is 20.8 Å². The van der Waals surface area contributed by atoms with Crippen LogP contribution in [0.1, 0.15) is 42.5 Å². The second-order valence-electron chi connectivity index (χ2n) is 5.49. The second-order valence-corrected chi connectivity index (χ2v) is 5.49. The van der Waals surface area contributed by atoms with Crippen LogP contribution in [-0.4, -0.2) is 43.6 Å². The summed E-state index contributed by atoms with van der Waals surface area (Å²) in [6.45, 7) is 0.405. The van der Waals surface area contributed by atoms with E-state index in [1.165, 1.54) is 7.11 Å². The normalized spacial score (nSPS) is 14.6. The number of methoxy groups -OCH3 is 2. The topological polar surface area (TPSA) is 55.8 Å². The van der Waals surface area contributed by atoms with E-state index in [0.717, 1.165) is 31.4 Å². The van der Waals surface area contributed by atoms with Crippen LogP contribution in [0, 0.1) is 0 Å². The van der Waals surface area contributed by atoms with Crippen LogP contribution in [0.3, 0.4) is 0 Å². The molecule has 1 fully saturated rings. The van der Waals surface area contributed by atoms with Crippen molar-refractivity contribution in [1.82, 2.24) is 4.90 Å². The van der Waals surface area contributed by atoms with E-state index in [-0.39, 0.29) is 24.3 Å². The first-order chi connectivity index (χ1) is 10.7. The average molecular weight is 305 g/mol. The number of amides is 1. The molecule has 1 aromatic carbocycles. The van der Waals surface area contributed by atoms with E-state index in [4.69, 9.17) is 4.74 Å². The van der Waals surface area contributed by atoms with E-state index in [1.807, 2.05) is 4.90 Å². The largest absolute Gasteiger partial charge is 0.497 e. The van der Waals surface area contributed by atoms with Gasteiger partial charge in [-0.1, -0.05) is 12.8 Å². The molecule has 0 aromatic heterocycles. The highest BCUT2D eigenvalue weighted by atomic mass is 16.5. The van der Waals surface area contributed by atoms with Gasteiger partial charge >= 0.3 is 5.97 Å². The fourth-order valence-electron chi connectivity index (χ4n) is 2.88. The fourth-order valence-corrected chi connectivity index (χ4v) is 2.88. The van der Waals surface area contributed by atoms with E-state index in [9.17, 15) is 9.59 Å². The molecule has 0 unspecified atom stereocenters. The second kappa shape index (κ2) is 7.82. The lowest BCUT2D eigenvalue weighted by atomic mass is 10.1. The standard InChI is InChI=1S/C17H23NO4/c1-21-15-9-7-13(8-10-15)17(20)18(12-11-16(19)22-2)14-5-3-4-6-14/h7-10,14H,3-6,11-12H2,1-2H3. The molecule has 0 radical (unpaired) electrons. The maximum absolute atomic E-state index is 12.8. The van der Waals surface area contributed by atoms with Crippen molar-refractivity contribution in [2.45, 2.75) is 38.1 Å². The molecule has 2 rings (SSSR count). The highest BCUT2D eigenvalue weighted by molar-refractivity contribution is 5.94. The van der Waals surface area contributed by atoms with Gasteiger partial charge in [0, 0.05) is 18.2 Å². The molecule has 0 aliphatic heterocycles. The first kappa shape index (κ1) is 16.3. The van der Waals surface area contributed by atoms with Gasteiger partial charge in [-0.3, -0.25) is 9.59 Å². The van der Waals surface area contributed by atoms with E-state index >= 15 is 0 Å². The molecule has 1 aliphatic carbocycles. The van der Waals surface area contributed by atoms with Crippen molar-refractivity contribution in [1.29, 1.82) is 0 Å². The lowest BCUT2D eigenvalue weighted by molar-refractivity contribution is -0.140. The first-order valence-corrected chi connectivity index (χ1v) is 7.67. The molecular weight excluding hydrogens is 282 g/mol. The zero-order valence-electron chi connectivity index (χ0n) is 13.2. The summed E-state index contributed by atoms with van der Waals surface area (Å²) >= 11 is 0. The quantitative estimate of drug-likeness (QED) is 0.758. The number of hydrogen-bond acceptors (Lipinski definition) is 4. The summed E-state index contributed by atoms with van der Waals surface area (Å²) in [7, 11) is 2.96. The molecule has 22 heavy (non-hydrogen) atoms. The van der Waals surface area contributed by atoms with E-state index in [1.54, 1.807) is 31.4 Å². The van der Waals surface area contributed by atoms with E-state index in [2.05, 4.69) is 4.74 Å². The summed E-state index contributed by atoms with van der Waals surface area (Å²) in [4.78, 5) is 26.0. The summed E-state index contributed by atoms with van der Waals surface area (Å²) in [6.07, 6.45) is 4.51. The Balaban J connectivity index is 2.11. The fraction of sp³-hybridized carbons (Fsp3) is 0.529. The third-order valence-corrected chi connectivity index (χ3v) is 4.15. The summed E-state index contributed by atoms with van der Waals surface area (Å²) in [5.41, 5.74) is 0.623. The summed E-state index contributed by atoms with van der Waals surface area (Å²) in [5, 5.41) is 0. The zero-order chi connectivity index (χ0) is 15.9. The Morgan fingerprint density at radius 3 is 2.32 bits per heavy atom. The van der Waals surface area contributed by atoms with Crippen LogP contribution in [0.4, 0.5) is 0 Å². The minimum Gasteiger partial charge on any atom is -0.497 e. The van der Waals surface area contributed by atoms with Crippen LogP contribution in [0.5, 0.6) is 5.75 Å². The van der Waals surface area contributed by atoms with Crippen LogP contribution < -0.4 is 4.74 Å². The van der Waals surface area contributed by atoms with Crippen molar-refractivity contribution >= 4 is 11.9 Å². The van der Waals surface area contributed by atoms with Gasteiger partial charge in [-0.05, 0) is 37.1 Å². The van der Waals surface area contributed by atoms with Gasteiger partial charge in [-0.2, -0.15) is 0 Å². The maximum Gasteiger partial charge on any atom is 0.307 e. The molecule has 120 valence electrons. The SMILES string of the molecule is COC(=O)CCN(C(=O)c1ccc(OC)cc1)C1CCCC1. The number of carbonyl (C=O) groups excluding carboxylic acids is 2. The summed E-state index contributed by atoms with van der Waals surface area (Å²) in [5.74, 6) is 0.405. The minimum atomic E-state index is -0.287. The van der Waals surface area contributed by atoms with Gasteiger partial charge < -0.3 is 14.4 Å². The Bertz CT molecular complexity index is 506. The number of ether oxygens (including phenoxy) is 2. The predicted molar refractivity (Wildman–Crippen MR) is 82.9 cm³/mol. The van der Waals surface area contributed by atoms with Crippen LogP contribution in [0.25, 0.3) is 0 Å². The molecule has 5 nitrogen and oxygen atoms in total. The molecule has 1 saturated carbocycles. The van der Waals surface area contributed by atoms with Gasteiger partial charge in [0.1, 0.15) is 5.75 Å². The Hall–Kier alpha value is -2.04. The lowest BCUT2D eigenvalue weighted by Gasteiger charge is -2.29. The molecular formula is C17H23NO4. The highest BCUT2D eigenvalue weighted by Gasteiger charge is 2.27. The number of rotatable bonds is 6. The Morgan fingerprint density at radius 2 is 1.77 bits per heavy atom. The Morgan fingerprint density at radius 1 is 1.14 bits per heavy atom. The van der Waals surface area contributed by atoms with Gasteiger partial charge in [0.15, 0.2) is 0 Å². The summed E-state index contributed by atoms with van der Waals surface area (Å²) < 4.78 is 9.80. The van der Waals surface area contributed by atoms with Crippen LogP contribution in [0.2, 0.25) is 0 Å². The van der Waals surface area contributed by atoms with Crippen molar-refractivity contribution in [2.24, 2.45) is 0 Å². The zero-order valence-corrected chi connectivity index (χ0v) is 13.2. The molecule has 5 heteroatoms. The average Bonchev–Trinajstić information content (AvgIpc) is 3.09. The number of benzene rings is 1. The number of nitrogens with zero attached hydrogens (tertiary/aromatic N) is 1. The molecule has 1 amide bonds. The monoisotopic (exact) mass is 305 g/mol. The van der Waals surface area contributed by atoms with Crippen molar-refractivity contribution in [3.05, 3.63) is 29.8 Å². The molecule has 0 saturated heterocycles. The lowest BCUT2D eigenvalue weighted by Crippen LogP contribution is -2.40. The minimum absolute atomic E-state index is 0.0292. The van der Waals surface area contributed by atoms with Gasteiger partial charge in [-0.15, -0.1) is 0 Å². The molecule has 0 heterocycles. The van der Waals surface area contributed by atoms with Crippen LogP contribution in [-0.2, 0) is 9.53 Å². The third-order valence-electron chi connectivity index (χ3n) is 4.15. The molecule has 1 aliphatic rings. The van der Waals surface area contributed by atoms with E-state index < -0.39 is 0 Å². The number of carbonyl (C=O) groups is 2. The van der Waals surface area contributed by atoms with Gasteiger partial charge in [0.05, 0.1) is 20.6 Å². The van der Waals surface area contributed by atoms with Gasteiger partial charge in [0.25, 0.3) is 5.91 Å². The Kier molecular flexibility index (Phi) is 5.81. The number of esters is 1. The smallest absolute Gasteiger partial charge is 0.307 e. The first-order valence-electron chi connectivity index (χ1n) is 7.67. The molecule has 0 N–H and O–H groups in total. The summed E-state index contributed by atoms with van der Waals surface area (Å²) in [6, 6.07) is 7.31. The van der Waals surface area contributed by atoms with Gasteiger partial charge in [-0.25, -0.2) is 0 Å². The predicted octanol–water partition coefficient (Wildman–Crippen LogP) is 2.64. The van der Waals surface area contributed by atoms with E-state index in [0.29, 0.717) is 12.1 Å². The van der Waals surface area contributed by atoms with Crippen molar-refractivity contribution in [3.63, 3.8) is 0 Å². The van der Waals surface area contributed by atoms with Crippen molar-refractivity contribution < 1.29 is 19.1 Å². The maximum atomic E-state index is 12.8. The van der Waals surface area contributed by atoms with Crippen LogP contribution >= 0.6 is 0 Å². The Labute approximate surface area is 131 Å². The number of hydrogen-bond donors (Lipinski definition) is 0. The van der Waals surface area contributed by atoms with Crippen molar-refractivity contribution in [3.8, 4) is 5.75 Å². The third kappa shape index (κ3) is 4.00. The highest BCUT2D eigenvalue weighted by Crippen LogP contribution is 2.25. The van der Waals surface area contributed by atoms with Crippen LogP contribution in [0.15, 0.2) is 24.3 Å². The molecule has 1 aromatic rings. The molecule has 0 spiro atoms. The molecule has 0 atom stereocenters.